The highest BCUT2D eigenvalue weighted by molar-refractivity contribution is 6.01. The summed E-state index contributed by atoms with van der Waals surface area (Å²) >= 11 is 0. The van der Waals surface area contributed by atoms with Crippen LogP contribution in [0.4, 0.5) is 0 Å². The van der Waals surface area contributed by atoms with E-state index < -0.39 is 5.97 Å². The standard InChI is InChI=1S/C18H21NO6/c1-23-14-10-12-9-11(18(22)19-8-4-5-15(20)21)6-7-13(12)16(24-2)17(14)25-3/h6-7,9-10H,4-5,8H2,1-3H3,(H,19,22)(H,20,21). The Morgan fingerprint density at radius 2 is 1.76 bits per heavy atom. The Hall–Kier alpha value is -2.96. The van der Waals surface area contributed by atoms with E-state index in [1.807, 2.05) is 0 Å². The van der Waals surface area contributed by atoms with Gasteiger partial charge in [-0.05, 0) is 36.1 Å². The molecule has 0 saturated carbocycles. The lowest BCUT2D eigenvalue weighted by Gasteiger charge is -2.15. The predicted octanol–water partition coefficient (Wildman–Crippen LogP) is 2.46. The molecule has 0 fully saturated rings. The fraction of sp³-hybridized carbons (Fsp3) is 0.333. The topological polar surface area (TPSA) is 94.1 Å². The molecule has 0 atom stereocenters. The van der Waals surface area contributed by atoms with E-state index in [-0.39, 0.29) is 12.3 Å². The maximum atomic E-state index is 12.2. The molecule has 7 nitrogen and oxygen atoms in total. The molecular weight excluding hydrogens is 326 g/mol. The molecule has 0 bridgehead atoms. The first-order valence-electron chi connectivity index (χ1n) is 7.74. The number of hydrogen-bond donors (Lipinski definition) is 2. The van der Waals surface area contributed by atoms with Crippen LogP contribution in [0.5, 0.6) is 17.2 Å². The first-order valence-corrected chi connectivity index (χ1v) is 7.74. The third-order valence-electron chi connectivity index (χ3n) is 3.76. The molecule has 0 radical (unpaired) electrons. The Labute approximate surface area is 145 Å². The number of carbonyl (C=O) groups is 2. The summed E-state index contributed by atoms with van der Waals surface area (Å²) < 4.78 is 16.1. The highest BCUT2D eigenvalue weighted by Gasteiger charge is 2.17. The quantitative estimate of drug-likeness (QED) is 0.713. The van der Waals surface area contributed by atoms with Crippen molar-refractivity contribution in [1.29, 1.82) is 0 Å². The Balaban J connectivity index is 2.29. The van der Waals surface area contributed by atoms with Crippen LogP contribution < -0.4 is 19.5 Å². The number of carboxylic acids is 1. The number of benzene rings is 2. The van der Waals surface area contributed by atoms with Crippen LogP contribution >= 0.6 is 0 Å². The molecule has 0 aliphatic carbocycles. The van der Waals surface area contributed by atoms with Crippen LogP contribution in [0.1, 0.15) is 23.2 Å². The number of ether oxygens (including phenoxy) is 3. The normalized spacial score (nSPS) is 10.4. The molecule has 0 saturated heterocycles. The molecule has 0 aliphatic heterocycles. The smallest absolute Gasteiger partial charge is 0.303 e. The number of amides is 1. The summed E-state index contributed by atoms with van der Waals surface area (Å²) in [6.07, 6.45) is 0.402. The van der Waals surface area contributed by atoms with Gasteiger partial charge in [0.15, 0.2) is 11.5 Å². The Morgan fingerprint density at radius 3 is 2.36 bits per heavy atom. The van der Waals surface area contributed by atoms with E-state index in [2.05, 4.69) is 5.32 Å². The molecule has 25 heavy (non-hydrogen) atoms. The monoisotopic (exact) mass is 347 g/mol. The maximum absolute atomic E-state index is 12.2. The van der Waals surface area contributed by atoms with Gasteiger partial charge in [0.1, 0.15) is 0 Å². The van der Waals surface area contributed by atoms with Gasteiger partial charge in [0.25, 0.3) is 5.91 Å². The van der Waals surface area contributed by atoms with Crippen LogP contribution in [0.2, 0.25) is 0 Å². The third-order valence-corrected chi connectivity index (χ3v) is 3.76. The second kappa shape index (κ2) is 8.23. The Kier molecular flexibility index (Phi) is 6.05. The molecule has 2 aromatic carbocycles. The summed E-state index contributed by atoms with van der Waals surface area (Å²) in [5.41, 5.74) is 0.470. The van der Waals surface area contributed by atoms with Gasteiger partial charge in [-0.25, -0.2) is 0 Å². The molecule has 0 spiro atoms. The van der Waals surface area contributed by atoms with Crippen LogP contribution in [-0.2, 0) is 4.79 Å². The van der Waals surface area contributed by atoms with E-state index in [0.29, 0.717) is 35.8 Å². The molecule has 0 aromatic heterocycles. The summed E-state index contributed by atoms with van der Waals surface area (Å²) in [6, 6.07) is 6.97. The van der Waals surface area contributed by atoms with E-state index in [9.17, 15) is 9.59 Å². The van der Waals surface area contributed by atoms with Crippen molar-refractivity contribution < 1.29 is 28.9 Å². The van der Waals surface area contributed by atoms with Crippen LogP contribution in [0.3, 0.4) is 0 Å². The van der Waals surface area contributed by atoms with Gasteiger partial charge < -0.3 is 24.6 Å². The third kappa shape index (κ3) is 4.12. The number of carboxylic acid groups (broad SMARTS) is 1. The summed E-state index contributed by atoms with van der Waals surface area (Å²) in [4.78, 5) is 22.7. The molecule has 0 unspecified atom stereocenters. The van der Waals surface area contributed by atoms with E-state index >= 15 is 0 Å². The van der Waals surface area contributed by atoms with Crippen molar-refractivity contribution in [3.8, 4) is 17.2 Å². The van der Waals surface area contributed by atoms with Gasteiger partial charge in [-0.3, -0.25) is 9.59 Å². The van der Waals surface area contributed by atoms with E-state index in [4.69, 9.17) is 19.3 Å². The van der Waals surface area contributed by atoms with Crippen molar-refractivity contribution in [2.24, 2.45) is 0 Å². The van der Waals surface area contributed by atoms with Gasteiger partial charge in [-0.2, -0.15) is 0 Å². The summed E-state index contributed by atoms with van der Waals surface area (Å²) in [6.45, 7) is 0.304. The Morgan fingerprint density at radius 1 is 1.04 bits per heavy atom. The average Bonchev–Trinajstić information content (AvgIpc) is 2.62. The lowest BCUT2D eigenvalue weighted by Crippen LogP contribution is -2.24. The lowest BCUT2D eigenvalue weighted by molar-refractivity contribution is -0.137. The first kappa shape index (κ1) is 18.4. The van der Waals surface area contributed by atoms with Crippen molar-refractivity contribution in [3.63, 3.8) is 0 Å². The second-order valence-corrected chi connectivity index (χ2v) is 5.33. The largest absolute Gasteiger partial charge is 0.493 e. The number of hydrogen-bond acceptors (Lipinski definition) is 5. The number of carbonyl (C=O) groups excluding carboxylic acids is 1. The zero-order valence-corrected chi connectivity index (χ0v) is 14.4. The van der Waals surface area contributed by atoms with Crippen LogP contribution in [0.25, 0.3) is 10.8 Å². The maximum Gasteiger partial charge on any atom is 0.303 e. The van der Waals surface area contributed by atoms with Gasteiger partial charge >= 0.3 is 5.97 Å². The highest BCUT2D eigenvalue weighted by atomic mass is 16.5. The molecule has 0 aliphatic rings. The molecule has 2 N–H and O–H groups in total. The highest BCUT2D eigenvalue weighted by Crippen LogP contribution is 2.43. The molecule has 1 amide bonds. The molecule has 2 rings (SSSR count). The lowest BCUT2D eigenvalue weighted by atomic mass is 10.0. The van der Waals surface area contributed by atoms with Crippen LogP contribution in [0, 0.1) is 0 Å². The van der Waals surface area contributed by atoms with Crippen LogP contribution in [-0.4, -0.2) is 44.9 Å². The SMILES string of the molecule is COc1cc2cc(C(=O)NCCCC(=O)O)ccc2c(OC)c1OC. The average molecular weight is 347 g/mol. The van der Waals surface area contributed by atoms with Gasteiger partial charge in [-0.1, -0.05) is 0 Å². The predicted molar refractivity (Wildman–Crippen MR) is 92.8 cm³/mol. The van der Waals surface area contributed by atoms with E-state index in [0.717, 1.165) is 10.8 Å². The minimum Gasteiger partial charge on any atom is -0.493 e. The number of aliphatic carboxylic acids is 1. The molecule has 134 valence electrons. The summed E-state index contributed by atoms with van der Waals surface area (Å²) in [5, 5.41) is 12.9. The number of nitrogens with one attached hydrogen (secondary N) is 1. The zero-order chi connectivity index (χ0) is 18.4. The second-order valence-electron chi connectivity index (χ2n) is 5.33. The Bertz CT molecular complexity index is 787. The van der Waals surface area contributed by atoms with Gasteiger partial charge in [-0.15, -0.1) is 0 Å². The summed E-state index contributed by atoms with van der Waals surface area (Å²) in [7, 11) is 4.60. The van der Waals surface area contributed by atoms with Crippen molar-refractivity contribution in [2.45, 2.75) is 12.8 Å². The fourth-order valence-corrected chi connectivity index (χ4v) is 2.56. The van der Waals surface area contributed by atoms with Gasteiger partial charge in [0.2, 0.25) is 5.75 Å². The first-order chi connectivity index (χ1) is 12.0. The van der Waals surface area contributed by atoms with Crippen molar-refractivity contribution >= 4 is 22.6 Å². The molecule has 0 heterocycles. The number of fused-ring (bicyclic) bond motifs is 1. The van der Waals surface area contributed by atoms with E-state index in [1.165, 1.54) is 14.2 Å². The fourth-order valence-electron chi connectivity index (χ4n) is 2.56. The van der Waals surface area contributed by atoms with Gasteiger partial charge in [0.05, 0.1) is 21.3 Å². The minimum absolute atomic E-state index is 0.0200. The van der Waals surface area contributed by atoms with Crippen LogP contribution in [0.15, 0.2) is 24.3 Å². The molecule has 2 aromatic rings. The zero-order valence-electron chi connectivity index (χ0n) is 14.4. The number of rotatable bonds is 8. The van der Waals surface area contributed by atoms with Crippen molar-refractivity contribution in [2.75, 3.05) is 27.9 Å². The molecule has 7 heteroatoms. The number of methoxy groups -OCH3 is 3. The van der Waals surface area contributed by atoms with Gasteiger partial charge in [0, 0.05) is 23.9 Å². The van der Waals surface area contributed by atoms with E-state index in [1.54, 1.807) is 31.4 Å². The minimum atomic E-state index is -0.881. The summed E-state index contributed by atoms with van der Waals surface area (Å²) in [5.74, 6) is 0.383. The molecular formula is C18H21NO6. The van der Waals surface area contributed by atoms with Crippen molar-refractivity contribution in [1.82, 2.24) is 5.32 Å². The van der Waals surface area contributed by atoms with Crippen molar-refractivity contribution in [3.05, 3.63) is 29.8 Å².